The molecule has 0 bridgehead atoms. The Bertz CT molecular complexity index is 624. The van der Waals surface area contributed by atoms with E-state index in [1.165, 1.54) is 5.39 Å². The van der Waals surface area contributed by atoms with Crippen molar-refractivity contribution in [2.24, 2.45) is 0 Å². The van der Waals surface area contributed by atoms with Gasteiger partial charge in [-0.25, -0.2) is 4.79 Å². The van der Waals surface area contributed by atoms with E-state index in [1.807, 2.05) is 36.4 Å². The predicted octanol–water partition coefficient (Wildman–Crippen LogP) is 2.86. The number of carboxylic acid groups (broad SMARTS) is 1. The smallest absolute Gasteiger partial charge is 0.331 e. The molecule has 2 aromatic carbocycles. The van der Waals surface area contributed by atoms with E-state index >= 15 is 0 Å². The maximum atomic E-state index is 10.9. The van der Waals surface area contributed by atoms with Gasteiger partial charge in [0.25, 0.3) is 0 Å². The summed E-state index contributed by atoms with van der Waals surface area (Å²) in [5.41, 5.74) is 2.65. The summed E-state index contributed by atoms with van der Waals surface area (Å²) in [6.07, 6.45) is 2.30. The van der Waals surface area contributed by atoms with Crippen molar-refractivity contribution < 1.29 is 9.90 Å². The molecule has 0 aliphatic heterocycles. The zero-order valence-corrected chi connectivity index (χ0v) is 8.60. The minimum Gasteiger partial charge on any atom is -0.478 e. The lowest BCUT2D eigenvalue weighted by Gasteiger charge is -2.04. The third-order valence-electron chi connectivity index (χ3n) is 3.05. The van der Waals surface area contributed by atoms with Gasteiger partial charge >= 0.3 is 5.97 Å². The third-order valence-corrected chi connectivity index (χ3v) is 3.05. The lowest BCUT2D eigenvalue weighted by Crippen LogP contribution is -1.99. The van der Waals surface area contributed by atoms with Crippen molar-refractivity contribution in [1.82, 2.24) is 0 Å². The molecular formula is C14H10O2. The summed E-state index contributed by atoms with van der Waals surface area (Å²) < 4.78 is 0. The van der Waals surface area contributed by atoms with Crippen LogP contribution in [0, 0.1) is 0 Å². The molecule has 0 fully saturated rings. The first-order chi connectivity index (χ1) is 7.75. The van der Waals surface area contributed by atoms with Crippen molar-refractivity contribution >= 4 is 22.8 Å². The maximum absolute atomic E-state index is 10.9. The summed E-state index contributed by atoms with van der Waals surface area (Å²) >= 11 is 0. The lowest BCUT2D eigenvalue weighted by molar-refractivity contribution is -0.132. The Kier molecular flexibility index (Phi) is 1.83. The van der Waals surface area contributed by atoms with Gasteiger partial charge in [0, 0.05) is 12.0 Å². The van der Waals surface area contributed by atoms with E-state index in [-0.39, 0.29) is 0 Å². The number of carbonyl (C=O) groups is 1. The average Bonchev–Trinajstić information content (AvgIpc) is 2.73. The number of fused-ring (bicyclic) bond motifs is 3. The molecule has 0 saturated heterocycles. The highest BCUT2D eigenvalue weighted by atomic mass is 16.4. The first-order valence-corrected chi connectivity index (χ1v) is 5.20. The van der Waals surface area contributed by atoms with Crippen molar-refractivity contribution in [2.75, 3.05) is 0 Å². The molecule has 0 heterocycles. The van der Waals surface area contributed by atoms with Crippen LogP contribution in [0.5, 0.6) is 0 Å². The van der Waals surface area contributed by atoms with Crippen LogP contribution in [0.15, 0.2) is 42.0 Å². The summed E-state index contributed by atoms with van der Waals surface area (Å²) in [7, 11) is 0. The molecule has 0 saturated carbocycles. The van der Waals surface area contributed by atoms with Crippen LogP contribution in [-0.2, 0) is 11.2 Å². The molecule has 0 radical (unpaired) electrons. The third kappa shape index (κ3) is 1.23. The molecule has 3 rings (SSSR count). The molecule has 0 spiro atoms. The van der Waals surface area contributed by atoms with Crippen molar-refractivity contribution in [3.63, 3.8) is 0 Å². The monoisotopic (exact) mass is 210 g/mol. The number of carboxylic acids is 1. The molecule has 78 valence electrons. The van der Waals surface area contributed by atoms with Crippen molar-refractivity contribution in [3.05, 3.63) is 53.1 Å². The van der Waals surface area contributed by atoms with Crippen LogP contribution in [0.2, 0.25) is 0 Å². The predicted molar refractivity (Wildman–Crippen MR) is 63.3 cm³/mol. The normalized spacial score (nSPS) is 13.6. The quantitative estimate of drug-likeness (QED) is 0.785. The summed E-state index contributed by atoms with van der Waals surface area (Å²) in [6, 6.07) is 12.1. The highest BCUT2D eigenvalue weighted by molar-refractivity contribution is 5.99. The number of hydrogen-bond acceptors (Lipinski definition) is 1. The first-order valence-electron chi connectivity index (χ1n) is 5.20. The molecule has 2 nitrogen and oxygen atoms in total. The van der Waals surface area contributed by atoms with E-state index in [9.17, 15) is 4.79 Å². The largest absolute Gasteiger partial charge is 0.478 e. The Balaban J connectivity index is 2.23. The molecule has 0 unspecified atom stereocenters. The van der Waals surface area contributed by atoms with E-state index in [2.05, 4.69) is 0 Å². The fourth-order valence-corrected chi connectivity index (χ4v) is 2.25. The van der Waals surface area contributed by atoms with E-state index in [0.29, 0.717) is 12.0 Å². The Morgan fingerprint density at radius 1 is 1.12 bits per heavy atom. The van der Waals surface area contributed by atoms with Gasteiger partial charge in [-0.2, -0.15) is 0 Å². The highest BCUT2D eigenvalue weighted by Gasteiger charge is 2.19. The van der Waals surface area contributed by atoms with Gasteiger partial charge in [-0.3, -0.25) is 0 Å². The molecule has 0 atom stereocenters. The summed E-state index contributed by atoms with van der Waals surface area (Å²) in [4.78, 5) is 10.9. The van der Waals surface area contributed by atoms with Gasteiger partial charge in [0.1, 0.15) is 0 Å². The Morgan fingerprint density at radius 2 is 1.94 bits per heavy atom. The Labute approximate surface area is 92.8 Å². The number of rotatable bonds is 1. The second-order valence-electron chi connectivity index (χ2n) is 4.01. The minimum absolute atomic E-state index is 0.478. The molecule has 2 aromatic rings. The maximum Gasteiger partial charge on any atom is 0.331 e. The van der Waals surface area contributed by atoms with Gasteiger partial charge in [-0.1, -0.05) is 36.4 Å². The minimum atomic E-state index is -0.819. The summed E-state index contributed by atoms with van der Waals surface area (Å²) in [6.45, 7) is 0. The van der Waals surface area contributed by atoms with E-state index < -0.39 is 5.97 Å². The molecular weight excluding hydrogens is 200 g/mol. The van der Waals surface area contributed by atoms with Gasteiger partial charge in [-0.05, 0) is 28.0 Å². The number of benzene rings is 2. The topological polar surface area (TPSA) is 37.3 Å². The molecule has 0 amide bonds. The molecule has 0 aromatic heterocycles. The van der Waals surface area contributed by atoms with Gasteiger partial charge < -0.3 is 5.11 Å². The highest BCUT2D eigenvalue weighted by Crippen LogP contribution is 2.31. The van der Waals surface area contributed by atoms with Crippen LogP contribution in [0.3, 0.4) is 0 Å². The SMILES string of the molecule is O=C(O)C1=Cc2ccc3ccccc3c2C1. The zero-order chi connectivity index (χ0) is 11.1. The summed E-state index contributed by atoms with van der Waals surface area (Å²) in [5.74, 6) is -0.819. The molecule has 2 heteroatoms. The standard InChI is InChI=1S/C14H10O2/c15-14(16)11-7-10-6-5-9-3-1-2-4-12(9)13(10)8-11/h1-7H,8H2,(H,15,16). The van der Waals surface area contributed by atoms with Crippen LogP contribution < -0.4 is 0 Å². The second kappa shape index (κ2) is 3.20. The van der Waals surface area contributed by atoms with Gasteiger partial charge in [0.15, 0.2) is 0 Å². The zero-order valence-electron chi connectivity index (χ0n) is 8.60. The van der Waals surface area contributed by atoms with Crippen molar-refractivity contribution in [1.29, 1.82) is 0 Å². The fraction of sp³-hybridized carbons (Fsp3) is 0.0714. The molecule has 1 aliphatic carbocycles. The summed E-state index contributed by atoms with van der Waals surface area (Å²) in [5, 5.41) is 11.3. The van der Waals surface area contributed by atoms with Crippen molar-refractivity contribution in [3.8, 4) is 0 Å². The fourth-order valence-electron chi connectivity index (χ4n) is 2.25. The van der Waals surface area contributed by atoms with E-state index in [4.69, 9.17) is 5.11 Å². The van der Waals surface area contributed by atoms with E-state index in [0.717, 1.165) is 16.5 Å². The molecule has 16 heavy (non-hydrogen) atoms. The number of hydrogen-bond donors (Lipinski definition) is 1. The van der Waals surface area contributed by atoms with Gasteiger partial charge in [0.2, 0.25) is 0 Å². The van der Waals surface area contributed by atoms with Gasteiger partial charge in [-0.15, -0.1) is 0 Å². The van der Waals surface area contributed by atoms with Crippen LogP contribution in [-0.4, -0.2) is 11.1 Å². The Morgan fingerprint density at radius 3 is 2.75 bits per heavy atom. The van der Waals surface area contributed by atoms with Crippen LogP contribution in [0.1, 0.15) is 11.1 Å². The molecule has 1 aliphatic rings. The van der Waals surface area contributed by atoms with E-state index in [1.54, 1.807) is 6.08 Å². The Hall–Kier alpha value is -2.09. The first kappa shape index (κ1) is 9.16. The lowest BCUT2D eigenvalue weighted by atomic mass is 10.00. The van der Waals surface area contributed by atoms with Crippen LogP contribution in [0.25, 0.3) is 16.8 Å². The van der Waals surface area contributed by atoms with Crippen LogP contribution >= 0.6 is 0 Å². The molecule has 1 N–H and O–H groups in total. The van der Waals surface area contributed by atoms with Crippen LogP contribution in [0.4, 0.5) is 0 Å². The second-order valence-corrected chi connectivity index (χ2v) is 4.01. The van der Waals surface area contributed by atoms with Crippen molar-refractivity contribution in [2.45, 2.75) is 6.42 Å². The average molecular weight is 210 g/mol. The number of aliphatic carboxylic acids is 1. The van der Waals surface area contributed by atoms with Gasteiger partial charge in [0.05, 0.1) is 0 Å².